The highest BCUT2D eigenvalue weighted by Gasteiger charge is 2.35. The van der Waals surface area contributed by atoms with Crippen molar-refractivity contribution in [2.75, 3.05) is 109 Å². The van der Waals surface area contributed by atoms with Crippen LogP contribution in [0.25, 0.3) is 10.9 Å². The van der Waals surface area contributed by atoms with Gasteiger partial charge < -0.3 is 89.9 Å². The fraction of sp³-hybridized carbons (Fsp3) is 0.536. The summed E-state index contributed by atoms with van der Waals surface area (Å²) in [4.78, 5) is 214. The number of nitrogens with two attached hydrogens (primary N) is 2. The Kier molecular flexibility index (Phi) is 35.6. The number of aromatic nitrogens is 3. The van der Waals surface area contributed by atoms with Gasteiger partial charge in [0.15, 0.2) is 0 Å². The van der Waals surface area contributed by atoms with Crippen molar-refractivity contribution in [1.82, 2.24) is 82.4 Å². The molecule has 4 aromatic rings. The van der Waals surface area contributed by atoms with Gasteiger partial charge in [0.05, 0.1) is 45.6 Å². The van der Waals surface area contributed by atoms with Gasteiger partial charge in [0.1, 0.15) is 42.3 Å². The number of aryl methyl sites for hydroxylation is 1. The molecule has 0 bridgehead atoms. The number of anilines is 1. The number of hydrogen-bond acceptors (Lipinski definition) is 21. The van der Waals surface area contributed by atoms with Crippen LogP contribution < -0.4 is 64.6 Å². The van der Waals surface area contributed by atoms with Crippen molar-refractivity contribution in [3.63, 3.8) is 0 Å². The molecule has 2 aromatic carbocycles. The van der Waals surface area contributed by atoms with Gasteiger partial charge in [-0.15, -0.1) is 0 Å². The third-order valence-corrected chi connectivity index (χ3v) is 17.9. The van der Waals surface area contributed by atoms with E-state index in [4.69, 9.17) is 11.5 Å². The first-order chi connectivity index (χ1) is 50.7. The van der Waals surface area contributed by atoms with E-state index < -0.39 is 157 Å². The summed E-state index contributed by atoms with van der Waals surface area (Å²) in [5, 5.41) is 55.4. The van der Waals surface area contributed by atoms with E-state index in [1.54, 1.807) is 70.8 Å². The number of thioether (sulfide) groups is 1. The Labute approximate surface area is 622 Å². The molecule has 0 unspecified atom stereocenters. The minimum absolute atomic E-state index is 0.00692. The second kappa shape index (κ2) is 43.8. The molecule has 0 aliphatic carbocycles. The third kappa shape index (κ3) is 30.8. The SMILES string of the molecule is CSCC[C@H](NC(=O)[C@H](CC(C)C)NC(=O)[C@H](Cc1cnc[nH]1)NC(=O)CNC(=O)[C@@H](NC(=O)[C@H](C)NC(=O)[C@H](Cc1c[nH]c2ccccc12)NC(=O)[C@H](CCC(N)=O)NC(=O)c1ccc(NC(=O)CNC(=O)CN2CCN(CC(=O)O)CCN(CC(=O)O)CCN(CC(=O)O)CC2)c(C)c1)C(C)C)C(N)=O. The number of carbonyl (C=O) groups is 15. The first kappa shape index (κ1) is 87.1. The van der Waals surface area contributed by atoms with Crippen LogP contribution in [0.4, 0.5) is 5.69 Å². The van der Waals surface area contributed by atoms with E-state index in [9.17, 15) is 87.2 Å². The lowest BCUT2D eigenvalue weighted by atomic mass is 10.0. The number of para-hydroxylation sites is 1. The number of amides is 12. The summed E-state index contributed by atoms with van der Waals surface area (Å²) in [6.45, 7) is 8.60. The lowest BCUT2D eigenvalue weighted by Gasteiger charge is -2.32. The number of primary amides is 2. The molecular weight excluding hydrogens is 1410 g/mol. The quantitative estimate of drug-likeness (QED) is 0.0206. The highest BCUT2D eigenvalue weighted by molar-refractivity contribution is 7.98. The second-order valence-electron chi connectivity index (χ2n) is 26.8. The number of aromatic amines is 2. The smallest absolute Gasteiger partial charge is 0.317 e. The average molecular weight is 1520 g/mol. The van der Waals surface area contributed by atoms with E-state index in [1.165, 1.54) is 49.4 Å². The molecule has 1 fully saturated rings. The number of hydrogen-bond donors (Lipinski definition) is 17. The zero-order valence-corrected chi connectivity index (χ0v) is 61.9. The zero-order chi connectivity index (χ0) is 79.0. The van der Waals surface area contributed by atoms with Crippen LogP contribution in [0.1, 0.15) is 87.5 Å². The van der Waals surface area contributed by atoms with Crippen LogP contribution in [-0.2, 0) is 80.0 Å². The molecule has 2 aromatic heterocycles. The fourth-order valence-corrected chi connectivity index (χ4v) is 11.9. The summed E-state index contributed by atoms with van der Waals surface area (Å²) in [5.74, 6) is -12.9. The number of nitrogens with one attached hydrogen (secondary N) is 12. The lowest BCUT2D eigenvalue weighted by molar-refractivity contribution is -0.140. The summed E-state index contributed by atoms with van der Waals surface area (Å²) >= 11 is 1.45. The van der Waals surface area contributed by atoms with Gasteiger partial charge in [0.2, 0.25) is 65.0 Å². The lowest BCUT2D eigenvalue weighted by Crippen LogP contribution is -2.59. The van der Waals surface area contributed by atoms with Crippen LogP contribution in [0.2, 0.25) is 0 Å². The van der Waals surface area contributed by atoms with Gasteiger partial charge in [-0.25, -0.2) is 4.98 Å². The third-order valence-electron chi connectivity index (χ3n) is 17.3. The van der Waals surface area contributed by atoms with Gasteiger partial charge in [-0.05, 0) is 92.3 Å². The van der Waals surface area contributed by atoms with Crippen molar-refractivity contribution in [1.29, 1.82) is 0 Å². The Morgan fingerprint density at radius 2 is 1.10 bits per heavy atom. The van der Waals surface area contributed by atoms with Crippen molar-refractivity contribution in [3.8, 4) is 0 Å². The molecule has 586 valence electrons. The molecule has 12 amide bonds. The van der Waals surface area contributed by atoms with Crippen LogP contribution in [0.3, 0.4) is 0 Å². The maximum absolute atomic E-state index is 14.5. The molecule has 107 heavy (non-hydrogen) atoms. The largest absolute Gasteiger partial charge is 0.480 e. The van der Waals surface area contributed by atoms with Gasteiger partial charge in [0.25, 0.3) is 5.91 Å². The monoisotopic (exact) mass is 1520 g/mol. The Bertz CT molecular complexity index is 3730. The van der Waals surface area contributed by atoms with Crippen molar-refractivity contribution >= 4 is 117 Å². The topological polar surface area (TPSA) is 547 Å². The van der Waals surface area contributed by atoms with Gasteiger partial charge in [-0.3, -0.25) is 91.5 Å². The Morgan fingerprint density at radius 3 is 1.64 bits per heavy atom. The molecule has 5 rings (SSSR count). The summed E-state index contributed by atoms with van der Waals surface area (Å²) < 4.78 is 0. The number of carboxylic acids is 3. The van der Waals surface area contributed by atoms with E-state index in [0.29, 0.717) is 33.5 Å². The van der Waals surface area contributed by atoms with Crippen LogP contribution in [0.15, 0.2) is 61.2 Å². The number of H-pyrrole nitrogens is 2. The molecule has 3 heterocycles. The summed E-state index contributed by atoms with van der Waals surface area (Å²) in [5.41, 5.74) is 13.4. The Morgan fingerprint density at radius 1 is 0.561 bits per heavy atom. The first-order valence-corrected chi connectivity index (χ1v) is 36.3. The number of aliphatic carboxylic acids is 3. The molecule has 37 nitrogen and oxygen atoms in total. The van der Waals surface area contributed by atoms with Crippen molar-refractivity contribution in [2.45, 2.75) is 122 Å². The number of carboxylic acid groups (broad SMARTS) is 3. The summed E-state index contributed by atoms with van der Waals surface area (Å²) in [6.07, 6.45) is 5.60. The minimum atomic E-state index is -1.51. The molecule has 19 N–H and O–H groups in total. The van der Waals surface area contributed by atoms with E-state index in [2.05, 4.69) is 68.1 Å². The average Bonchev–Trinajstić information content (AvgIpc) is 1.58. The van der Waals surface area contributed by atoms with E-state index in [-0.39, 0.29) is 128 Å². The fourth-order valence-electron chi connectivity index (χ4n) is 11.5. The molecule has 1 aliphatic heterocycles. The highest BCUT2D eigenvalue weighted by Crippen LogP contribution is 2.21. The second-order valence-corrected chi connectivity index (χ2v) is 27.8. The molecule has 7 atom stereocenters. The maximum Gasteiger partial charge on any atom is 0.317 e. The molecular formula is C69H101N19O18S. The maximum atomic E-state index is 14.5. The van der Waals surface area contributed by atoms with Crippen molar-refractivity contribution < 1.29 is 87.2 Å². The molecule has 0 radical (unpaired) electrons. The predicted molar refractivity (Wildman–Crippen MR) is 392 cm³/mol. The van der Waals surface area contributed by atoms with E-state index in [1.807, 2.05) is 20.1 Å². The van der Waals surface area contributed by atoms with Crippen LogP contribution in [0.5, 0.6) is 0 Å². The standard InChI is InChI=1S/C69H101N19O18S/c1-39(2)26-51(67(104)80-49(62(71)99)16-25-107-7)82-68(105)53(29-45-31-72-38-76-45)79-56(91)33-75-69(106)61(40(3)4)84-63(100)42(6)77-66(103)52(28-44-30-73-48-11-9-8-10-46(44)48)83-65(102)50(14-15-54(70)89)81-64(101)43-12-13-47(41(5)27-43)78-55(90)32-74-57(92)34-85-17-19-86(35-58(93)94)21-23-88(37-60(97)98)24-22-87(20-18-85)36-59(95)96/h8-13,27,30-31,38-40,42,49-53,61,73H,14-26,28-29,32-37H2,1-7H3,(H2,70,89)(H2,71,99)(H,72,76)(H,74,92)(H,75,106)(H,77,103)(H,78,90)(H,79,91)(H,80,104)(H,81,101)(H,82,105)(H,83,102)(H,84,100)(H,93,94)(H,95,96)(H,97,98)/t42-,49-,50-,51-,52-,53-,61-/m0/s1. The van der Waals surface area contributed by atoms with Crippen molar-refractivity contribution in [2.24, 2.45) is 23.3 Å². The van der Waals surface area contributed by atoms with Crippen LogP contribution in [-0.4, -0.2) is 285 Å². The van der Waals surface area contributed by atoms with Crippen LogP contribution >= 0.6 is 11.8 Å². The normalized spacial score (nSPS) is 15.4. The van der Waals surface area contributed by atoms with Crippen LogP contribution in [0, 0.1) is 18.8 Å². The Hall–Kier alpha value is -10.6. The molecule has 1 saturated heterocycles. The van der Waals surface area contributed by atoms with Gasteiger partial charge in [-0.1, -0.05) is 45.9 Å². The predicted octanol–water partition coefficient (Wildman–Crippen LogP) is -3.44. The van der Waals surface area contributed by atoms with Gasteiger partial charge >= 0.3 is 17.9 Å². The van der Waals surface area contributed by atoms with Gasteiger partial charge in [0, 0.05) is 112 Å². The minimum Gasteiger partial charge on any atom is -0.480 e. The Balaban J connectivity index is 1.23. The van der Waals surface area contributed by atoms with E-state index in [0.717, 1.165) is 0 Å². The van der Waals surface area contributed by atoms with Gasteiger partial charge in [-0.2, -0.15) is 11.8 Å². The molecule has 1 aliphatic rings. The van der Waals surface area contributed by atoms with Crippen molar-refractivity contribution in [3.05, 3.63) is 83.6 Å². The number of benzene rings is 2. The summed E-state index contributed by atoms with van der Waals surface area (Å²) in [6, 6.07) is 2.10. The molecule has 38 heteroatoms. The molecule has 0 saturated carbocycles. The highest BCUT2D eigenvalue weighted by atomic mass is 32.2. The van der Waals surface area contributed by atoms with E-state index >= 15 is 0 Å². The molecule has 0 spiro atoms. The number of rotatable bonds is 41. The number of nitrogens with zero attached hydrogens (tertiary/aromatic N) is 5. The number of fused-ring (bicyclic) bond motifs is 1. The number of imidazole rings is 1. The number of carbonyl (C=O) groups excluding carboxylic acids is 12. The summed E-state index contributed by atoms with van der Waals surface area (Å²) in [7, 11) is 0. The zero-order valence-electron chi connectivity index (χ0n) is 61.1. The first-order valence-electron chi connectivity index (χ1n) is 34.9.